The van der Waals surface area contributed by atoms with Crippen LogP contribution >= 0.6 is 0 Å². The largest absolute Gasteiger partial charge is 0.106 e. The van der Waals surface area contributed by atoms with E-state index in [2.05, 4.69) is 142 Å². The first kappa shape index (κ1) is 38.5. The average molecular weight is 537 g/mol. The lowest BCUT2D eigenvalue weighted by atomic mass is 9.81. The van der Waals surface area contributed by atoms with E-state index in [1.165, 1.54) is 50.1 Å². The van der Waals surface area contributed by atoms with Crippen LogP contribution in [0.15, 0.2) is 129 Å². The quantitative estimate of drug-likeness (QED) is 0.263. The first-order valence-electron chi connectivity index (χ1n) is 14.3. The standard InChI is InChI=1S/C17H20.C14H16.C5H10.C2H6.C2H4/c1-6-8-13-14-10-9-12(3)11-16(14)17(4,5)15(13)7-2;1-4-6-13(7-5-2)14-10-8-12(3)9-11-14;1-4-5(2)3;2*1-2/h6-11H,2H2,1,3-5H3;4-11H,1H2,2-3H3;4H,1-3H3;1-2H3;1-2H2/b8-6-;7-5-,13-6+;;;. The van der Waals surface area contributed by atoms with Gasteiger partial charge in [-0.05, 0) is 81.9 Å². The summed E-state index contributed by atoms with van der Waals surface area (Å²) in [7, 11) is 0. The number of hydrogen-bond donors (Lipinski definition) is 0. The number of hydrogen-bond acceptors (Lipinski definition) is 0. The highest BCUT2D eigenvalue weighted by atomic mass is 14.4. The van der Waals surface area contributed by atoms with Gasteiger partial charge in [-0.15, -0.1) is 13.2 Å². The lowest BCUT2D eigenvalue weighted by molar-refractivity contribution is 0.654. The van der Waals surface area contributed by atoms with E-state index < -0.39 is 0 Å². The molecule has 0 nitrogen and oxygen atoms in total. The molecule has 0 unspecified atom stereocenters. The molecule has 2 aromatic rings. The van der Waals surface area contributed by atoms with Crippen LogP contribution in [0.4, 0.5) is 0 Å². The van der Waals surface area contributed by atoms with Gasteiger partial charge in [0.25, 0.3) is 0 Å². The maximum atomic E-state index is 3.98. The summed E-state index contributed by atoms with van der Waals surface area (Å²) >= 11 is 0. The van der Waals surface area contributed by atoms with Crippen LogP contribution < -0.4 is 0 Å². The van der Waals surface area contributed by atoms with Crippen molar-refractivity contribution in [3.05, 3.63) is 156 Å². The molecule has 0 heteroatoms. The fourth-order valence-electron chi connectivity index (χ4n) is 4.05. The summed E-state index contributed by atoms with van der Waals surface area (Å²) in [5, 5.41) is 0. The Labute approximate surface area is 248 Å². The van der Waals surface area contributed by atoms with Gasteiger partial charge in [-0.2, -0.15) is 0 Å². The van der Waals surface area contributed by atoms with E-state index in [0.717, 1.165) is 0 Å². The monoisotopic (exact) mass is 536 g/mol. The van der Waals surface area contributed by atoms with Gasteiger partial charge in [-0.3, -0.25) is 0 Å². The molecule has 0 saturated carbocycles. The Balaban J connectivity index is 0. The van der Waals surface area contributed by atoms with Gasteiger partial charge in [0.15, 0.2) is 0 Å². The second-order valence-electron chi connectivity index (χ2n) is 9.80. The third kappa shape index (κ3) is 12.0. The summed E-state index contributed by atoms with van der Waals surface area (Å²) in [6.07, 6.45) is 16.3. The van der Waals surface area contributed by atoms with Crippen LogP contribution in [0.3, 0.4) is 0 Å². The topological polar surface area (TPSA) is 0 Å². The van der Waals surface area contributed by atoms with Gasteiger partial charge in [0, 0.05) is 5.41 Å². The molecule has 0 fully saturated rings. The van der Waals surface area contributed by atoms with Crippen molar-refractivity contribution >= 4 is 11.1 Å². The SMILES string of the molecule is C=C.C=C/C=C(\C=C/C)c1ccc(C)cc1.C=CC1=C(/C=C\C)c2ccc(C)cc2C1(C)C.CC.CC=C(C)C. The molecule has 2 aromatic carbocycles. The molecule has 0 amide bonds. The highest BCUT2D eigenvalue weighted by Crippen LogP contribution is 2.47. The normalized spacial score (nSPS) is 12.8. The summed E-state index contributed by atoms with van der Waals surface area (Å²) in [6, 6.07) is 15.2. The van der Waals surface area contributed by atoms with Gasteiger partial charge < -0.3 is 0 Å². The minimum atomic E-state index is 0.0674. The van der Waals surface area contributed by atoms with Crippen LogP contribution in [-0.2, 0) is 5.41 Å². The molecule has 1 aliphatic rings. The lowest BCUT2D eigenvalue weighted by Gasteiger charge is -2.22. The van der Waals surface area contributed by atoms with E-state index in [1.54, 1.807) is 0 Å². The molecule has 40 heavy (non-hydrogen) atoms. The van der Waals surface area contributed by atoms with E-state index >= 15 is 0 Å². The third-order valence-corrected chi connectivity index (χ3v) is 6.25. The fraction of sp³-hybridized carbons (Fsp3) is 0.300. The van der Waals surface area contributed by atoms with Crippen LogP contribution in [0.1, 0.15) is 90.1 Å². The lowest BCUT2D eigenvalue weighted by Crippen LogP contribution is -2.16. The van der Waals surface area contributed by atoms with E-state index in [9.17, 15) is 0 Å². The van der Waals surface area contributed by atoms with E-state index in [1.807, 2.05) is 52.0 Å². The smallest absolute Gasteiger partial charge is 0.0158 e. The third-order valence-electron chi connectivity index (χ3n) is 6.25. The molecule has 1 aliphatic carbocycles. The summed E-state index contributed by atoms with van der Waals surface area (Å²) in [5.74, 6) is 0. The molecule has 0 saturated heterocycles. The predicted molar refractivity (Wildman–Crippen MR) is 188 cm³/mol. The van der Waals surface area contributed by atoms with Crippen LogP contribution in [0.5, 0.6) is 0 Å². The summed E-state index contributed by atoms with van der Waals surface area (Å²) in [6.45, 7) is 36.8. The highest BCUT2D eigenvalue weighted by Gasteiger charge is 2.35. The molecule has 3 rings (SSSR count). The molecular weight excluding hydrogens is 480 g/mol. The number of aryl methyl sites for hydroxylation is 2. The maximum Gasteiger partial charge on any atom is 0.0158 e. The Morgan fingerprint density at radius 3 is 1.75 bits per heavy atom. The Bertz CT molecular complexity index is 1180. The highest BCUT2D eigenvalue weighted by molar-refractivity contribution is 5.87. The van der Waals surface area contributed by atoms with Crippen molar-refractivity contribution < 1.29 is 0 Å². The van der Waals surface area contributed by atoms with Crippen molar-refractivity contribution in [1.29, 1.82) is 0 Å². The predicted octanol–water partition coefficient (Wildman–Crippen LogP) is 12.7. The molecular formula is C40H56. The number of benzene rings is 2. The Kier molecular flexibility index (Phi) is 20.4. The number of rotatable bonds is 5. The molecule has 0 bridgehead atoms. The molecule has 0 aromatic heterocycles. The second kappa shape index (κ2) is 21.2. The average Bonchev–Trinajstić information content (AvgIpc) is 3.16. The van der Waals surface area contributed by atoms with Crippen molar-refractivity contribution in [1.82, 2.24) is 0 Å². The molecule has 216 valence electrons. The summed E-state index contributed by atoms with van der Waals surface area (Å²) in [4.78, 5) is 0. The van der Waals surface area contributed by atoms with Crippen molar-refractivity contribution in [2.75, 3.05) is 0 Å². The van der Waals surface area contributed by atoms with E-state index in [-0.39, 0.29) is 5.41 Å². The zero-order valence-corrected chi connectivity index (χ0v) is 27.5. The molecule has 0 aliphatic heterocycles. The second-order valence-corrected chi connectivity index (χ2v) is 9.80. The van der Waals surface area contributed by atoms with E-state index in [4.69, 9.17) is 0 Å². The van der Waals surface area contributed by atoms with Crippen LogP contribution in [0.25, 0.3) is 11.1 Å². The molecule has 0 heterocycles. The number of allylic oxidation sites excluding steroid dienone is 12. The first-order valence-corrected chi connectivity index (χ1v) is 14.3. The summed E-state index contributed by atoms with van der Waals surface area (Å²) in [5.41, 5.74) is 11.9. The van der Waals surface area contributed by atoms with E-state index in [0.29, 0.717) is 0 Å². The fourth-order valence-corrected chi connectivity index (χ4v) is 4.05. The van der Waals surface area contributed by atoms with Crippen LogP contribution in [0, 0.1) is 13.8 Å². The first-order chi connectivity index (χ1) is 19.1. The minimum Gasteiger partial charge on any atom is -0.106 e. The van der Waals surface area contributed by atoms with Crippen molar-refractivity contribution in [3.63, 3.8) is 0 Å². The van der Waals surface area contributed by atoms with Crippen molar-refractivity contribution in [3.8, 4) is 0 Å². The van der Waals surface area contributed by atoms with Crippen LogP contribution in [0.2, 0.25) is 0 Å². The van der Waals surface area contributed by atoms with Gasteiger partial charge in [-0.1, -0.05) is 149 Å². The zero-order chi connectivity index (χ0) is 31.3. The molecule has 0 atom stereocenters. The molecule has 0 N–H and O–H groups in total. The van der Waals surface area contributed by atoms with Gasteiger partial charge >= 0.3 is 0 Å². The number of fused-ring (bicyclic) bond motifs is 1. The molecule has 0 spiro atoms. The molecule has 0 radical (unpaired) electrons. The Morgan fingerprint density at radius 2 is 1.32 bits per heavy atom. The van der Waals surface area contributed by atoms with Crippen LogP contribution in [-0.4, -0.2) is 0 Å². The van der Waals surface area contributed by atoms with Gasteiger partial charge in [0.1, 0.15) is 0 Å². The Hall–Kier alpha value is -3.64. The minimum absolute atomic E-state index is 0.0674. The Morgan fingerprint density at radius 1 is 0.800 bits per heavy atom. The zero-order valence-electron chi connectivity index (χ0n) is 27.5. The van der Waals surface area contributed by atoms with Gasteiger partial charge in [0.05, 0.1) is 0 Å². The summed E-state index contributed by atoms with van der Waals surface area (Å²) < 4.78 is 0. The van der Waals surface area contributed by atoms with Gasteiger partial charge in [0.2, 0.25) is 0 Å². The van der Waals surface area contributed by atoms with Crippen molar-refractivity contribution in [2.24, 2.45) is 0 Å². The van der Waals surface area contributed by atoms with Gasteiger partial charge in [-0.25, -0.2) is 0 Å². The van der Waals surface area contributed by atoms with Crippen molar-refractivity contribution in [2.45, 2.75) is 81.6 Å². The maximum absolute atomic E-state index is 3.98.